The van der Waals surface area contributed by atoms with Crippen LogP contribution in [0.1, 0.15) is 30.9 Å². The largest absolute Gasteiger partial charge is 0.416 e. The van der Waals surface area contributed by atoms with E-state index in [1.807, 2.05) is 0 Å². The van der Waals surface area contributed by atoms with Crippen molar-refractivity contribution >= 4 is 0 Å². The molecule has 0 aliphatic carbocycles. The minimum Gasteiger partial charge on any atom is -0.389 e. The molecular formula is C15H20F3NO. The number of piperidine rings is 1. The molecule has 0 bridgehead atoms. The average Bonchev–Trinajstić information content (AvgIpc) is 2.38. The predicted octanol–water partition coefficient (Wildman–Crippen LogP) is 3.09. The Morgan fingerprint density at radius 2 is 1.90 bits per heavy atom. The normalized spacial score (nSPS) is 20.1. The molecule has 0 atom stereocenters. The third kappa shape index (κ3) is 3.73. The molecule has 1 saturated heterocycles. The van der Waals surface area contributed by atoms with Crippen LogP contribution in [0.4, 0.5) is 13.2 Å². The molecule has 0 radical (unpaired) electrons. The molecule has 1 N–H and O–H groups in total. The Bertz CT molecular complexity index is 451. The van der Waals surface area contributed by atoms with E-state index in [1.165, 1.54) is 6.07 Å². The Hall–Kier alpha value is -1.07. The molecule has 1 aromatic rings. The molecule has 1 heterocycles. The molecule has 1 aliphatic heterocycles. The van der Waals surface area contributed by atoms with Gasteiger partial charge >= 0.3 is 6.18 Å². The van der Waals surface area contributed by atoms with E-state index >= 15 is 0 Å². The van der Waals surface area contributed by atoms with Crippen molar-refractivity contribution in [3.05, 3.63) is 35.4 Å². The topological polar surface area (TPSA) is 23.5 Å². The summed E-state index contributed by atoms with van der Waals surface area (Å²) in [7, 11) is 0. The maximum absolute atomic E-state index is 12.7. The Morgan fingerprint density at radius 3 is 2.45 bits per heavy atom. The first-order chi connectivity index (χ1) is 9.32. The van der Waals surface area contributed by atoms with Gasteiger partial charge in [0.25, 0.3) is 0 Å². The summed E-state index contributed by atoms with van der Waals surface area (Å²) < 4.78 is 38.0. The molecular weight excluding hydrogens is 267 g/mol. The van der Waals surface area contributed by atoms with Crippen LogP contribution in [-0.2, 0) is 12.6 Å². The minimum absolute atomic E-state index is 0.286. The number of benzene rings is 1. The summed E-state index contributed by atoms with van der Waals surface area (Å²) in [5.41, 5.74) is -0.979. The highest BCUT2D eigenvalue weighted by molar-refractivity contribution is 5.27. The second-order valence-electron chi connectivity index (χ2n) is 5.53. The number of hydrogen-bond donors (Lipinski definition) is 1. The fourth-order valence-electron chi connectivity index (χ4n) is 2.70. The van der Waals surface area contributed by atoms with E-state index in [0.717, 1.165) is 31.8 Å². The molecule has 0 unspecified atom stereocenters. The molecule has 0 spiro atoms. The maximum Gasteiger partial charge on any atom is 0.416 e. The van der Waals surface area contributed by atoms with Crippen LogP contribution in [0.5, 0.6) is 0 Å². The molecule has 20 heavy (non-hydrogen) atoms. The van der Waals surface area contributed by atoms with Gasteiger partial charge in [0.2, 0.25) is 0 Å². The molecule has 2 nitrogen and oxygen atoms in total. The van der Waals surface area contributed by atoms with Crippen molar-refractivity contribution in [3.63, 3.8) is 0 Å². The highest BCUT2D eigenvalue weighted by atomic mass is 19.4. The van der Waals surface area contributed by atoms with Crippen LogP contribution in [0.15, 0.2) is 24.3 Å². The first-order valence-corrected chi connectivity index (χ1v) is 6.93. The summed E-state index contributed by atoms with van der Waals surface area (Å²) in [6.07, 6.45) is -2.83. The van der Waals surface area contributed by atoms with Gasteiger partial charge in [-0.1, -0.05) is 25.1 Å². The average molecular weight is 287 g/mol. The standard InChI is InChI=1S/C15H20F3NO/c1-2-19-8-6-14(20,7-9-19)11-12-4-3-5-13(10-12)15(16,17)18/h3-5,10,20H,2,6-9,11H2,1H3. The zero-order valence-electron chi connectivity index (χ0n) is 11.6. The molecule has 112 valence electrons. The molecule has 1 aliphatic rings. The highest BCUT2D eigenvalue weighted by Gasteiger charge is 2.34. The molecule has 5 heteroatoms. The molecule has 0 aromatic heterocycles. The van der Waals surface area contributed by atoms with Crippen molar-refractivity contribution in [1.29, 1.82) is 0 Å². The van der Waals surface area contributed by atoms with Crippen molar-refractivity contribution < 1.29 is 18.3 Å². The molecule has 1 aromatic carbocycles. The number of rotatable bonds is 3. The van der Waals surface area contributed by atoms with Crippen LogP contribution >= 0.6 is 0 Å². The molecule has 0 amide bonds. The van der Waals surface area contributed by atoms with Gasteiger partial charge in [-0.2, -0.15) is 13.2 Å². The Kier molecular flexibility index (Phi) is 4.39. The van der Waals surface area contributed by atoms with Gasteiger partial charge in [-0.25, -0.2) is 0 Å². The number of alkyl halides is 3. The van der Waals surface area contributed by atoms with E-state index < -0.39 is 17.3 Å². The maximum atomic E-state index is 12.7. The van der Waals surface area contributed by atoms with Crippen LogP contribution < -0.4 is 0 Å². The van der Waals surface area contributed by atoms with E-state index in [0.29, 0.717) is 18.4 Å². The number of halogens is 3. The van der Waals surface area contributed by atoms with Crippen molar-refractivity contribution in [2.24, 2.45) is 0 Å². The van der Waals surface area contributed by atoms with Gasteiger partial charge in [0.05, 0.1) is 11.2 Å². The van der Waals surface area contributed by atoms with E-state index in [2.05, 4.69) is 11.8 Å². The van der Waals surface area contributed by atoms with Gasteiger partial charge in [-0.15, -0.1) is 0 Å². The Labute approximate surface area is 117 Å². The van der Waals surface area contributed by atoms with Gasteiger partial charge in [-0.3, -0.25) is 0 Å². The summed E-state index contributed by atoms with van der Waals surface area (Å²) >= 11 is 0. The second-order valence-corrected chi connectivity index (χ2v) is 5.53. The number of hydrogen-bond acceptors (Lipinski definition) is 2. The van der Waals surface area contributed by atoms with E-state index in [1.54, 1.807) is 6.07 Å². The fraction of sp³-hybridized carbons (Fsp3) is 0.600. The Morgan fingerprint density at radius 1 is 1.25 bits per heavy atom. The zero-order chi connectivity index (χ0) is 14.8. The first kappa shape index (κ1) is 15.3. The van der Waals surface area contributed by atoms with Gasteiger partial charge in [0.1, 0.15) is 0 Å². The lowest BCUT2D eigenvalue weighted by molar-refractivity contribution is -0.137. The fourth-order valence-corrected chi connectivity index (χ4v) is 2.70. The van der Waals surface area contributed by atoms with Crippen molar-refractivity contribution in [2.45, 2.75) is 38.0 Å². The van der Waals surface area contributed by atoms with Crippen molar-refractivity contribution in [1.82, 2.24) is 4.90 Å². The third-order valence-electron chi connectivity index (χ3n) is 4.02. The van der Waals surface area contributed by atoms with E-state index in [-0.39, 0.29) is 6.42 Å². The lowest BCUT2D eigenvalue weighted by Gasteiger charge is -2.38. The van der Waals surface area contributed by atoms with Crippen LogP contribution in [0, 0.1) is 0 Å². The predicted molar refractivity (Wildman–Crippen MR) is 71.4 cm³/mol. The number of nitrogens with zero attached hydrogens (tertiary/aromatic N) is 1. The van der Waals surface area contributed by atoms with Gasteiger partial charge in [-0.05, 0) is 31.0 Å². The van der Waals surface area contributed by atoms with E-state index in [9.17, 15) is 18.3 Å². The summed E-state index contributed by atoms with van der Waals surface area (Å²) in [6, 6.07) is 5.26. The first-order valence-electron chi connectivity index (χ1n) is 6.93. The van der Waals surface area contributed by atoms with Gasteiger partial charge in [0, 0.05) is 19.5 Å². The zero-order valence-corrected chi connectivity index (χ0v) is 11.6. The SMILES string of the molecule is CCN1CCC(O)(Cc2cccc(C(F)(F)F)c2)CC1. The molecule has 1 fully saturated rings. The monoisotopic (exact) mass is 287 g/mol. The van der Waals surface area contributed by atoms with Crippen LogP contribution in [0.25, 0.3) is 0 Å². The number of aliphatic hydroxyl groups is 1. The van der Waals surface area contributed by atoms with Crippen LogP contribution in [-0.4, -0.2) is 35.2 Å². The smallest absolute Gasteiger partial charge is 0.389 e. The third-order valence-corrected chi connectivity index (χ3v) is 4.02. The van der Waals surface area contributed by atoms with Crippen LogP contribution in [0.2, 0.25) is 0 Å². The Balaban J connectivity index is 2.07. The molecule has 2 rings (SSSR count). The lowest BCUT2D eigenvalue weighted by Crippen LogP contribution is -2.45. The number of likely N-dealkylation sites (tertiary alicyclic amines) is 1. The summed E-state index contributed by atoms with van der Waals surface area (Å²) in [6.45, 7) is 4.61. The quantitative estimate of drug-likeness (QED) is 0.923. The summed E-state index contributed by atoms with van der Waals surface area (Å²) in [4.78, 5) is 2.24. The summed E-state index contributed by atoms with van der Waals surface area (Å²) in [5, 5.41) is 10.5. The molecule has 0 saturated carbocycles. The minimum atomic E-state index is -4.33. The van der Waals surface area contributed by atoms with Crippen molar-refractivity contribution in [2.75, 3.05) is 19.6 Å². The lowest BCUT2D eigenvalue weighted by atomic mass is 9.85. The highest BCUT2D eigenvalue weighted by Crippen LogP contribution is 2.32. The van der Waals surface area contributed by atoms with Gasteiger partial charge < -0.3 is 10.0 Å². The second kappa shape index (κ2) is 5.74. The van der Waals surface area contributed by atoms with E-state index in [4.69, 9.17) is 0 Å². The van der Waals surface area contributed by atoms with Crippen molar-refractivity contribution in [3.8, 4) is 0 Å². The van der Waals surface area contributed by atoms with Crippen LogP contribution in [0.3, 0.4) is 0 Å². The summed E-state index contributed by atoms with van der Waals surface area (Å²) in [5.74, 6) is 0. The van der Waals surface area contributed by atoms with Gasteiger partial charge in [0.15, 0.2) is 0 Å².